The monoisotopic (exact) mass is 543 g/mol. The summed E-state index contributed by atoms with van der Waals surface area (Å²) >= 11 is 0. The molecule has 0 bridgehead atoms. The van der Waals surface area contributed by atoms with Gasteiger partial charge < -0.3 is 10.6 Å². The summed E-state index contributed by atoms with van der Waals surface area (Å²) in [5, 5.41) is 6.21. The SMILES string of the molecule is O=C(NCc1cccc(F)c1)c1cnc2cc(NC(=O)c3ccccc3-c3ccc(C(F)(F)F)cc3)ccc2c1. The zero-order valence-electron chi connectivity index (χ0n) is 20.8. The first-order valence-electron chi connectivity index (χ1n) is 12.2. The lowest BCUT2D eigenvalue weighted by molar-refractivity contribution is -0.137. The number of nitrogens with zero attached hydrogens (tertiary/aromatic N) is 1. The molecule has 0 saturated carbocycles. The molecule has 0 aliphatic rings. The Balaban J connectivity index is 1.31. The number of pyridine rings is 1. The van der Waals surface area contributed by atoms with Crippen LogP contribution in [0.4, 0.5) is 23.2 Å². The standard InChI is InChI=1S/C31H21F4N3O2/c32-24-5-3-4-19(14-24)17-37-29(39)22-15-21-10-13-25(16-28(21)36-18-22)38-30(40)27-7-2-1-6-26(27)20-8-11-23(12-9-20)31(33,34)35/h1-16,18H,17H2,(H,37,39)(H,38,40). The van der Waals surface area contributed by atoms with Crippen molar-refractivity contribution in [2.45, 2.75) is 12.7 Å². The van der Waals surface area contributed by atoms with Crippen LogP contribution in [0.1, 0.15) is 31.8 Å². The van der Waals surface area contributed by atoms with Crippen LogP contribution in [0.15, 0.2) is 103 Å². The maximum Gasteiger partial charge on any atom is 0.416 e. The third-order valence-electron chi connectivity index (χ3n) is 6.24. The highest BCUT2D eigenvalue weighted by molar-refractivity contribution is 6.09. The molecule has 0 spiro atoms. The molecule has 5 nitrogen and oxygen atoms in total. The number of fused-ring (bicyclic) bond motifs is 1. The molecule has 1 aromatic heterocycles. The van der Waals surface area contributed by atoms with Gasteiger partial charge in [0.15, 0.2) is 0 Å². The second-order valence-corrected chi connectivity index (χ2v) is 9.02. The normalized spacial score (nSPS) is 11.3. The molecule has 2 N–H and O–H groups in total. The summed E-state index contributed by atoms with van der Waals surface area (Å²) in [4.78, 5) is 30.1. The van der Waals surface area contributed by atoms with Gasteiger partial charge in [-0.05, 0) is 65.2 Å². The number of rotatable bonds is 6. The highest BCUT2D eigenvalue weighted by Gasteiger charge is 2.30. The number of amides is 2. The summed E-state index contributed by atoms with van der Waals surface area (Å²) in [7, 11) is 0. The van der Waals surface area contributed by atoms with E-state index in [9.17, 15) is 27.2 Å². The van der Waals surface area contributed by atoms with Crippen LogP contribution in [-0.2, 0) is 12.7 Å². The van der Waals surface area contributed by atoms with Crippen LogP contribution in [0.2, 0.25) is 0 Å². The topological polar surface area (TPSA) is 71.1 Å². The fourth-order valence-electron chi connectivity index (χ4n) is 4.22. The van der Waals surface area contributed by atoms with E-state index in [0.29, 0.717) is 44.4 Å². The summed E-state index contributed by atoms with van der Waals surface area (Å²) in [5.74, 6) is -1.19. The Kier molecular flexibility index (Phi) is 7.29. The van der Waals surface area contributed by atoms with Crippen molar-refractivity contribution in [2.75, 3.05) is 5.32 Å². The Hall–Kier alpha value is -5.05. The molecule has 200 valence electrons. The van der Waals surface area contributed by atoms with E-state index in [4.69, 9.17) is 0 Å². The number of anilines is 1. The predicted octanol–water partition coefficient (Wildman–Crippen LogP) is 7.24. The fraction of sp³-hybridized carbons (Fsp3) is 0.0645. The van der Waals surface area contributed by atoms with Gasteiger partial charge in [-0.15, -0.1) is 0 Å². The number of benzene rings is 4. The van der Waals surface area contributed by atoms with Gasteiger partial charge in [0, 0.05) is 29.4 Å². The molecule has 0 saturated heterocycles. The third kappa shape index (κ3) is 5.99. The van der Waals surface area contributed by atoms with Crippen LogP contribution in [-0.4, -0.2) is 16.8 Å². The van der Waals surface area contributed by atoms with Gasteiger partial charge in [-0.1, -0.05) is 48.5 Å². The minimum absolute atomic E-state index is 0.160. The number of aromatic nitrogens is 1. The van der Waals surface area contributed by atoms with E-state index in [1.165, 1.54) is 30.5 Å². The molecule has 5 rings (SSSR count). The smallest absolute Gasteiger partial charge is 0.348 e. The Morgan fingerprint density at radius 1 is 0.800 bits per heavy atom. The first-order valence-corrected chi connectivity index (χ1v) is 12.2. The zero-order valence-corrected chi connectivity index (χ0v) is 20.8. The molecule has 0 unspecified atom stereocenters. The fourth-order valence-corrected chi connectivity index (χ4v) is 4.22. The van der Waals surface area contributed by atoms with Crippen molar-refractivity contribution >= 4 is 28.4 Å². The lowest BCUT2D eigenvalue weighted by Gasteiger charge is -2.12. The molecule has 5 aromatic rings. The summed E-state index contributed by atoms with van der Waals surface area (Å²) in [6, 6.07) is 23.9. The van der Waals surface area contributed by atoms with Crippen LogP contribution in [0.25, 0.3) is 22.0 Å². The molecule has 0 fully saturated rings. The van der Waals surface area contributed by atoms with Crippen LogP contribution < -0.4 is 10.6 Å². The van der Waals surface area contributed by atoms with Crippen LogP contribution in [0, 0.1) is 5.82 Å². The molecule has 4 aromatic carbocycles. The van der Waals surface area contributed by atoms with E-state index >= 15 is 0 Å². The molecule has 0 aliphatic carbocycles. The number of nitrogens with one attached hydrogen (secondary N) is 2. The van der Waals surface area contributed by atoms with E-state index in [2.05, 4.69) is 15.6 Å². The molecule has 40 heavy (non-hydrogen) atoms. The van der Waals surface area contributed by atoms with Gasteiger partial charge in [-0.25, -0.2) is 4.39 Å². The van der Waals surface area contributed by atoms with Gasteiger partial charge >= 0.3 is 6.18 Å². The number of alkyl halides is 3. The summed E-state index contributed by atoms with van der Waals surface area (Å²) < 4.78 is 52.2. The van der Waals surface area contributed by atoms with Gasteiger partial charge in [0.25, 0.3) is 11.8 Å². The van der Waals surface area contributed by atoms with Gasteiger partial charge in [0.1, 0.15) is 5.82 Å². The van der Waals surface area contributed by atoms with Crippen LogP contribution in [0.5, 0.6) is 0 Å². The third-order valence-corrected chi connectivity index (χ3v) is 6.24. The second kappa shape index (κ2) is 11.0. The molecular weight excluding hydrogens is 522 g/mol. The van der Waals surface area contributed by atoms with E-state index in [1.807, 2.05) is 0 Å². The average Bonchev–Trinajstić information content (AvgIpc) is 2.95. The predicted molar refractivity (Wildman–Crippen MR) is 144 cm³/mol. The Bertz CT molecular complexity index is 1720. The lowest BCUT2D eigenvalue weighted by atomic mass is 9.98. The van der Waals surface area contributed by atoms with Crippen LogP contribution in [0.3, 0.4) is 0 Å². The minimum atomic E-state index is -4.45. The van der Waals surface area contributed by atoms with Gasteiger partial charge in [0.2, 0.25) is 0 Å². The summed E-state index contributed by atoms with van der Waals surface area (Å²) in [5.41, 5.74) is 2.43. The number of hydrogen-bond acceptors (Lipinski definition) is 3. The second-order valence-electron chi connectivity index (χ2n) is 9.02. The van der Waals surface area contributed by atoms with Crippen molar-refractivity contribution < 1.29 is 27.2 Å². The van der Waals surface area contributed by atoms with E-state index < -0.39 is 17.6 Å². The highest BCUT2D eigenvalue weighted by Crippen LogP contribution is 2.32. The van der Waals surface area contributed by atoms with Crippen molar-refractivity contribution in [3.63, 3.8) is 0 Å². The minimum Gasteiger partial charge on any atom is -0.348 e. The molecule has 0 radical (unpaired) electrons. The van der Waals surface area contributed by atoms with E-state index in [0.717, 1.165) is 12.1 Å². The van der Waals surface area contributed by atoms with Crippen molar-refractivity contribution in [1.82, 2.24) is 10.3 Å². The van der Waals surface area contributed by atoms with E-state index in [-0.39, 0.29) is 18.3 Å². The number of carbonyl (C=O) groups is 2. The van der Waals surface area contributed by atoms with E-state index in [1.54, 1.807) is 60.7 Å². The number of halogens is 4. The Morgan fingerprint density at radius 2 is 1.57 bits per heavy atom. The molecule has 9 heteroatoms. The molecule has 0 aliphatic heterocycles. The summed E-state index contributed by atoms with van der Waals surface area (Å²) in [6.45, 7) is 0.160. The average molecular weight is 544 g/mol. The van der Waals surface area contributed by atoms with Gasteiger partial charge in [-0.2, -0.15) is 13.2 Å². The maximum absolute atomic E-state index is 13.4. The van der Waals surface area contributed by atoms with Crippen molar-refractivity contribution in [2.24, 2.45) is 0 Å². The Morgan fingerprint density at radius 3 is 2.33 bits per heavy atom. The lowest BCUT2D eigenvalue weighted by Crippen LogP contribution is -2.23. The largest absolute Gasteiger partial charge is 0.416 e. The number of carbonyl (C=O) groups excluding carboxylic acids is 2. The van der Waals surface area contributed by atoms with Crippen molar-refractivity contribution in [3.8, 4) is 11.1 Å². The first kappa shape index (κ1) is 26.6. The number of hydrogen-bond donors (Lipinski definition) is 2. The van der Waals surface area contributed by atoms with Crippen LogP contribution >= 0.6 is 0 Å². The molecule has 1 heterocycles. The molecule has 2 amide bonds. The molecular formula is C31H21F4N3O2. The zero-order chi connectivity index (χ0) is 28.3. The van der Waals surface area contributed by atoms with Crippen molar-refractivity contribution in [3.05, 3.63) is 131 Å². The highest BCUT2D eigenvalue weighted by atomic mass is 19.4. The van der Waals surface area contributed by atoms with Crippen molar-refractivity contribution in [1.29, 1.82) is 0 Å². The van der Waals surface area contributed by atoms with Gasteiger partial charge in [0.05, 0.1) is 16.6 Å². The Labute approximate surface area is 226 Å². The van der Waals surface area contributed by atoms with Gasteiger partial charge in [-0.3, -0.25) is 14.6 Å². The first-order chi connectivity index (χ1) is 19.2. The molecule has 0 atom stereocenters. The maximum atomic E-state index is 13.4. The summed E-state index contributed by atoms with van der Waals surface area (Å²) in [6.07, 6.45) is -3.04. The quantitative estimate of drug-likeness (QED) is 0.222.